The molecule has 1 atom stereocenters. The van der Waals surface area contributed by atoms with E-state index in [4.69, 9.17) is 0 Å². The van der Waals surface area contributed by atoms with E-state index in [1.807, 2.05) is 24.3 Å². The molecule has 0 saturated carbocycles. The zero-order valence-electron chi connectivity index (χ0n) is 12.2. The number of para-hydroxylation sites is 1. The normalized spacial score (nSPS) is 12.1. The number of nitriles is 1. The van der Waals surface area contributed by atoms with Crippen LogP contribution in [0.3, 0.4) is 0 Å². The maximum Gasteiger partial charge on any atom is 0.103 e. The van der Waals surface area contributed by atoms with Gasteiger partial charge in [0.1, 0.15) is 6.07 Å². The standard InChI is InChI=1S/C17H21N3/c1-3-4-5-8-13(2)20-17-14(11-18)12-19-16-10-7-6-9-15(16)17/h6-7,9-10,12-13H,3-5,8H2,1-2H3,(H,19,20). The van der Waals surface area contributed by atoms with Crippen molar-refractivity contribution in [1.82, 2.24) is 4.98 Å². The lowest BCUT2D eigenvalue weighted by Gasteiger charge is -2.17. The molecule has 0 radical (unpaired) electrons. The van der Waals surface area contributed by atoms with Crippen LogP contribution in [0.25, 0.3) is 10.9 Å². The molecule has 2 rings (SSSR count). The maximum atomic E-state index is 9.27. The van der Waals surface area contributed by atoms with E-state index in [1.165, 1.54) is 19.3 Å². The molecule has 2 aromatic rings. The Labute approximate surface area is 120 Å². The van der Waals surface area contributed by atoms with Crippen LogP contribution in [0.2, 0.25) is 0 Å². The van der Waals surface area contributed by atoms with Crippen molar-refractivity contribution in [3.8, 4) is 6.07 Å². The smallest absolute Gasteiger partial charge is 0.103 e. The molecular weight excluding hydrogens is 246 g/mol. The maximum absolute atomic E-state index is 9.27. The van der Waals surface area contributed by atoms with E-state index in [1.54, 1.807) is 6.20 Å². The van der Waals surface area contributed by atoms with Gasteiger partial charge in [0.2, 0.25) is 0 Å². The number of nitrogens with one attached hydrogen (secondary N) is 1. The minimum Gasteiger partial charge on any atom is -0.381 e. The largest absolute Gasteiger partial charge is 0.381 e. The lowest BCUT2D eigenvalue weighted by Crippen LogP contribution is -2.16. The lowest BCUT2D eigenvalue weighted by atomic mass is 10.1. The van der Waals surface area contributed by atoms with Crippen molar-refractivity contribution in [3.05, 3.63) is 36.0 Å². The Morgan fingerprint density at radius 3 is 2.85 bits per heavy atom. The molecule has 1 unspecified atom stereocenters. The molecular formula is C17H21N3. The van der Waals surface area contributed by atoms with Gasteiger partial charge < -0.3 is 5.32 Å². The Hall–Kier alpha value is -2.08. The van der Waals surface area contributed by atoms with E-state index < -0.39 is 0 Å². The summed E-state index contributed by atoms with van der Waals surface area (Å²) in [7, 11) is 0. The number of rotatable bonds is 6. The van der Waals surface area contributed by atoms with E-state index in [2.05, 4.69) is 30.2 Å². The summed E-state index contributed by atoms with van der Waals surface area (Å²) in [4.78, 5) is 4.33. The monoisotopic (exact) mass is 267 g/mol. The number of fused-ring (bicyclic) bond motifs is 1. The second kappa shape index (κ2) is 6.91. The summed E-state index contributed by atoms with van der Waals surface area (Å²) in [5.41, 5.74) is 2.46. The molecule has 3 nitrogen and oxygen atoms in total. The zero-order valence-corrected chi connectivity index (χ0v) is 12.2. The van der Waals surface area contributed by atoms with E-state index in [0.717, 1.165) is 23.0 Å². The third-order valence-corrected chi connectivity index (χ3v) is 3.53. The molecule has 1 aromatic heterocycles. The topological polar surface area (TPSA) is 48.7 Å². The van der Waals surface area contributed by atoms with Gasteiger partial charge in [0, 0.05) is 17.6 Å². The van der Waals surface area contributed by atoms with Crippen molar-refractivity contribution in [2.24, 2.45) is 0 Å². The zero-order chi connectivity index (χ0) is 14.4. The molecule has 3 heteroatoms. The Morgan fingerprint density at radius 1 is 1.30 bits per heavy atom. The quantitative estimate of drug-likeness (QED) is 0.785. The molecule has 0 amide bonds. The molecule has 1 N–H and O–H groups in total. The third-order valence-electron chi connectivity index (χ3n) is 3.53. The van der Waals surface area contributed by atoms with Crippen LogP contribution < -0.4 is 5.32 Å². The predicted molar refractivity (Wildman–Crippen MR) is 83.7 cm³/mol. The number of aromatic nitrogens is 1. The van der Waals surface area contributed by atoms with Crippen LogP contribution >= 0.6 is 0 Å². The Bertz CT molecular complexity index is 613. The summed E-state index contributed by atoms with van der Waals surface area (Å²) in [6.45, 7) is 4.38. The van der Waals surface area contributed by atoms with Gasteiger partial charge in [0.05, 0.1) is 16.8 Å². The van der Waals surface area contributed by atoms with Crippen LogP contribution in [0.5, 0.6) is 0 Å². The number of unbranched alkanes of at least 4 members (excludes halogenated alkanes) is 2. The molecule has 0 aliphatic heterocycles. The SMILES string of the molecule is CCCCCC(C)Nc1c(C#N)cnc2ccccc12. The van der Waals surface area contributed by atoms with E-state index in [0.29, 0.717) is 11.6 Å². The van der Waals surface area contributed by atoms with Crippen molar-refractivity contribution in [1.29, 1.82) is 5.26 Å². The van der Waals surface area contributed by atoms with Crippen molar-refractivity contribution >= 4 is 16.6 Å². The van der Waals surface area contributed by atoms with Gasteiger partial charge in [0.15, 0.2) is 0 Å². The van der Waals surface area contributed by atoms with Gasteiger partial charge in [-0.2, -0.15) is 5.26 Å². The van der Waals surface area contributed by atoms with Gasteiger partial charge in [-0.1, -0.05) is 44.4 Å². The Balaban J connectivity index is 2.25. The summed E-state index contributed by atoms with van der Waals surface area (Å²) < 4.78 is 0. The van der Waals surface area contributed by atoms with Crippen LogP contribution in [-0.4, -0.2) is 11.0 Å². The number of hydrogen-bond donors (Lipinski definition) is 1. The molecule has 1 heterocycles. The van der Waals surface area contributed by atoms with Gasteiger partial charge in [-0.25, -0.2) is 0 Å². The van der Waals surface area contributed by atoms with E-state index in [9.17, 15) is 5.26 Å². The number of nitrogens with zero attached hydrogens (tertiary/aromatic N) is 2. The molecule has 0 aliphatic rings. The van der Waals surface area contributed by atoms with Crippen molar-refractivity contribution in [3.63, 3.8) is 0 Å². The number of pyridine rings is 1. The van der Waals surface area contributed by atoms with E-state index in [-0.39, 0.29) is 0 Å². The van der Waals surface area contributed by atoms with Crippen LogP contribution in [0, 0.1) is 11.3 Å². The fraction of sp³-hybridized carbons (Fsp3) is 0.412. The van der Waals surface area contributed by atoms with Crippen LogP contribution in [0.15, 0.2) is 30.5 Å². The Kier molecular flexibility index (Phi) is 4.95. The van der Waals surface area contributed by atoms with Crippen molar-refractivity contribution in [2.45, 2.75) is 45.6 Å². The highest BCUT2D eigenvalue weighted by molar-refractivity contribution is 5.93. The minimum absolute atomic E-state index is 0.361. The van der Waals surface area contributed by atoms with Gasteiger partial charge in [-0.05, 0) is 19.4 Å². The highest BCUT2D eigenvalue weighted by Gasteiger charge is 2.10. The molecule has 104 valence electrons. The highest BCUT2D eigenvalue weighted by atomic mass is 14.9. The highest BCUT2D eigenvalue weighted by Crippen LogP contribution is 2.26. The first-order chi connectivity index (χ1) is 9.76. The summed E-state index contributed by atoms with van der Waals surface area (Å²) in [5.74, 6) is 0. The number of anilines is 1. The van der Waals surface area contributed by atoms with Crippen LogP contribution in [0.4, 0.5) is 5.69 Å². The van der Waals surface area contributed by atoms with Crippen molar-refractivity contribution < 1.29 is 0 Å². The number of hydrogen-bond acceptors (Lipinski definition) is 3. The molecule has 1 aromatic carbocycles. The number of benzene rings is 1. The van der Waals surface area contributed by atoms with E-state index >= 15 is 0 Å². The average molecular weight is 267 g/mol. The van der Waals surface area contributed by atoms with Gasteiger partial charge >= 0.3 is 0 Å². The summed E-state index contributed by atoms with van der Waals surface area (Å²) in [6.07, 6.45) is 6.48. The molecule has 0 fully saturated rings. The molecule has 0 bridgehead atoms. The summed E-state index contributed by atoms with van der Waals surface area (Å²) >= 11 is 0. The van der Waals surface area contributed by atoms with Crippen molar-refractivity contribution in [2.75, 3.05) is 5.32 Å². The molecule has 0 aliphatic carbocycles. The fourth-order valence-electron chi connectivity index (χ4n) is 2.40. The van der Waals surface area contributed by atoms with Gasteiger partial charge in [0.25, 0.3) is 0 Å². The molecule has 0 saturated heterocycles. The minimum atomic E-state index is 0.361. The first-order valence-electron chi connectivity index (χ1n) is 7.30. The first kappa shape index (κ1) is 14.3. The van der Waals surface area contributed by atoms with Gasteiger partial charge in [-0.15, -0.1) is 0 Å². The van der Waals surface area contributed by atoms with Crippen LogP contribution in [0.1, 0.15) is 45.1 Å². The fourth-order valence-corrected chi connectivity index (χ4v) is 2.40. The third kappa shape index (κ3) is 3.27. The summed E-state index contributed by atoms with van der Waals surface area (Å²) in [6, 6.07) is 10.5. The first-order valence-corrected chi connectivity index (χ1v) is 7.30. The second-order valence-electron chi connectivity index (χ2n) is 5.22. The lowest BCUT2D eigenvalue weighted by molar-refractivity contribution is 0.615. The Morgan fingerprint density at radius 2 is 2.10 bits per heavy atom. The average Bonchev–Trinajstić information content (AvgIpc) is 2.48. The second-order valence-corrected chi connectivity index (χ2v) is 5.22. The van der Waals surface area contributed by atoms with Gasteiger partial charge in [-0.3, -0.25) is 4.98 Å². The predicted octanol–water partition coefficient (Wildman–Crippen LogP) is 4.49. The molecule has 20 heavy (non-hydrogen) atoms. The van der Waals surface area contributed by atoms with Crippen LogP contribution in [-0.2, 0) is 0 Å². The molecule has 0 spiro atoms. The summed E-state index contributed by atoms with van der Waals surface area (Å²) in [5, 5.41) is 13.8.